The van der Waals surface area contributed by atoms with Gasteiger partial charge in [0.1, 0.15) is 0 Å². The predicted octanol–water partition coefficient (Wildman–Crippen LogP) is -0.249. The number of carboxylic acids is 1. The third-order valence-corrected chi connectivity index (χ3v) is 3.44. The lowest BCUT2D eigenvalue weighted by atomic mass is 10.4. The summed E-state index contributed by atoms with van der Waals surface area (Å²) in [6.07, 6.45) is 0. The fraction of sp³-hybridized carbons (Fsp3) is 0.864. The summed E-state index contributed by atoms with van der Waals surface area (Å²) < 4.78 is 42.2. The van der Waals surface area contributed by atoms with Gasteiger partial charge in [-0.05, 0) is 6.92 Å². The van der Waals surface area contributed by atoms with Crippen LogP contribution in [0.15, 0.2) is 12.2 Å². The Morgan fingerprint density at radius 2 is 0.647 bits per heavy atom. The molecule has 0 aromatic carbocycles. The normalized spacial score (nSPS) is 10.7. The van der Waals surface area contributed by atoms with Crippen LogP contribution in [-0.2, 0) is 42.7 Å². The maximum atomic E-state index is 9.60. The molecule has 0 aromatic rings. The van der Waals surface area contributed by atoms with Crippen molar-refractivity contribution in [2.75, 3.05) is 119 Å². The van der Waals surface area contributed by atoms with Crippen molar-refractivity contribution in [2.24, 2.45) is 0 Å². The highest BCUT2D eigenvalue weighted by Gasteiger charge is 1.95. The van der Waals surface area contributed by atoms with Gasteiger partial charge < -0.3 is 53.2 Å². The first-order valence-corrected chi connectivity index (χ1v) is 11.3. The van der Waals surface area contributed by atoms with Gasteiger partial charge in [-0.3, -0.25) is 0 Å². The number of hydrogen-bond acceptors (Lipinski definition) is 11. The summed E-state index contributed by atoms with van der Waals surface area (Å²) in [5.74, 6) is -0.935. The molecule has 0 bridgehead atoms. The fourth-order valence-electron chi connectivity index (χ4n) is 1.77. The first-order chi connectivity index (χ1) is 16.6. The quantitative estimate of drug-likeness (QED) is 0.106. The largest absolute Gasteiger partial charge is 0.478 e. The Kier molecular flexibility index (Phi) is 32.7. The number of ether oxygens (including phenoxy) is 8. The highest BCUT2D eigenvalue weighted by atomic mass is 16.6. The average Bonchev–Trinajstić information content (AvgIpc) is 2.82. The topological polar surface area (TPSA) is 152 Å². The van der Waals surface area contributed by atoms with Crippen LogP contribution in [0, 0.1) is 0 Å². The van der Waals surface area contributed by atoms with E-state index in [-0.39, 0.29) is 18.8 Å². The second-order valence-electron chi connectivity index (χ2n) is 6.43. The number of aliphatic hydroxyl groups is 2. The first kappa shape index (κ1) is 35.0. The Morgan fingerprint density at radius 1 is 0.500 bits per heavy atom. The van der Waals surface area contributed by atoms with E-state index in [1.54, 1.807) is 0 Å². The SMILES string of the molecule is C=C(C)C(=O)O.OCCOCCOCCOCCOCCOCCOCCOCCOCCO. The molecule has 0 fully saturated rings. The molecule has 12 nitrogen and oxygen atoms in total. The minimum Gasteiger partial charge on any atom is -0.478 e. The van der Waals surface area contributed by atoms with E-state index in [0.717, 1.165) is 0 Å². The van der Waals surface area contributed by atoms with Crippen LogP contribution in [0.5, 0.6) is 0 Å². The van der Waals surface area contributed by atoms with E-state index in [2.05, 4.69) is 6.58 Å². The molecule has 0 aliphatic heterocycles. The van der Waals surface area contributed by atoms with Crippen molar-refractivity contribution >= 4 is 5.97 Å². The molecule has 204 valence electrons. The van der Waals surface area contributed by atoms with Gasteiger partial charge in [-0.25, -0.2) is 4.79 Å². The minimum atomic E-state index is -0.935. The van der Waals surface area contributed by atoms with Crippen molar-refractivity contribution in [3.63, 3.8) is 0 Å². The number of hydrogen-bond donors (Lipinski definition) is 3. The second-order valence-corrected chi connectivity index (χ2v) is 6.43. The summed E-state index contributed by atoms with van der Waals surface area (Å²) in [6.45, 7) is 12.4. The molecular weight excluding hydrogens is 456 g/mol. The summed E-state index contributed by atoms with van der Waals surface area (Å²) in [7, 11) is 0. The standard InChI is InChI=1S/C18H38O10.C4H6O2/c19-1-3-21-5-7-23-9-11-25-13-15-27-17-18-28-16-14-26-12-10-24-8-6-22-4-2-20;1-3(2)4(5)6/h19-20H,1-18H2;1H2,2H3,(H,5,6). The molecular formula is C22H44O12. The Labute approximate surface area is 202 Å². The van der Waals surface area contributed by atoms with Gasteiger partial charge in [0.25, 0.3) is 0 Å². The predicted molar refractivity (Wildman–Crippen MR) is 123 cm³/mol. The zero-order valence-electron chi connectivity index (χ0n) is 20.5. The number of carboxylic acid groups (broad SMARTS) is 1. The number of aliphatic carboxylic acids is 1. The van der Waals surface area contributed by atoms with Gasteiger partial charge in [-0.1, -0.05) is 6.58 Å². The molecule has 0 aliphatic rings. The Morgan fingerprint density at radius 3 is 0.765 bits per heavy atom. The molecule has 12 heteroatoms. The van der Waals surface area contributed by atoms with Crippen LogP contribution in [0.1, 0.15) is 6.92 Å². The molecule has 0 aliphatic carbocycles. The van der Waals surface area contributed by atoms with Crippen molar-refractivity contribution in [1.82, 2.24) is 0 Å². The van der Waals surface area contributed by atoms with Gasteiger partial charge in [0.2, 0.25) is 0 Å². The summed E-state index contributed by atoms with van der Waals surface area (Å²) in [4.78, 5) is 9.60. The Balaban J connectivity index is 0. The highest BCUT2D eigenvalue weighted by molar-refractivity contribution is 5.84. The van der Waals surface area contributed by atoms with E-state index in [4.69, 9.17) is 53.2 Å². The summed E-state index contributed by atoms with van der Waals surface area (Å²) in [6, 6.07) is 0. The van der Waals surface area contributed by atoms with Gasteiger partial charge in [0.15, 0.2) is 0 Å². The van der Waals surface area contributed by atoms with Gasteiger partial charge in [-0.2, -0.15) is 0 Å². The molecule has 0 rings (SSSR count). The van der Waals surface area contributed by atoms with E-state index in [1.807, 2.05) is 0 Å². The maximum absolute atomic E-state index is 9.60. The molecule has 3 N–H and O–H groups in total. The fourth-order valence-corrected chi connectivity index (χ4v) is 1.77. The molecule has 0 amide bonds. The van der Waals surface area contributed by atoms with Crippen molar-refractivity contribution in [1.29, 1.82) is 0 Å². The van der Waals surface area contributed by atoms with Crippen molar-refractivity contribution in [2.45, 2.75) is 6.92 Å². The van der Waals surface area contributed by atoms with Crippen LogP contribution in [-0.4, -0.2) is 140 Å². The highest BCUT2D eigenvalue weighted by Crippen LogP contribution is 1.85. The van der Waals surface area contributed by atoms with Crippen molar-refractivity contribution in [3.8, 4) is 0 Å². The average molecular weight is 501 g/mol. The molecule has 0 atom stereocenters. The number of aliphatic hydroxyl groups excluding tert-OH is 2. The lowest BCUT2D eigenvalue weighted by molar-refractivity contribution is -0.132. The smallest absolute Gasteiger partial charge is 0.330 e. The van der Waals surface area contributed by atoms with Gasteiger partial charge in [0.05, 0.1) is 119 Å². The van der Waals surface area contributed by atoms with Gasteiger partial charge in [-0.15, -0.1) is 0 Å². The Bertz CT molecular complexity index is 385. The van der Waals surface area contributed by atoms with E-state index in [0.29, 0.717) is 106 Å². The third kappa shape index (κ3) is 35.4. The van der Waals surface area contributed by atoms with Crippen LogP contribution >= 0.6 is 0 Å². The zero-order valence-corrected chi connectivity index (χ0v) is 20.5. The van der Waals surface area contributed by atoms with E-state index in [1.165, 1.54) is 6.92 Å². The lowest BCUT2D eigenvalue weighted by Crippen LogP contribution is -2.15. The van der Waals surface area contributed by atoms with Gasteiger partial charge >= 0.3 is 5.97 Å². The summed E-state index contributed by atoms with van der Waals surface area (Å²) in [5.41, 5.74) is 0.176. The van der Waals surface area contributed by atoms with E-state index >= 15 is 0 Å². The van der Waals surface area contributed by atoms with Crippen molar-refractivity contribution in [3.05, 3.63) is 12.2 Å². The van der Waals surface area contributed by atoms with Crippen LogP contribution in [0.3, 0.4) is 0 Å². The molecule has 0 spiro atoms. The molecule has 0 aromatic heterocycles. The van der Waals surface area contributed by atoms with E-state index in [9.17, 15) is 4.79 Å². The first-order valence-electron chi connectivity index (χ1n) is 11.3. The van der Waals surface area contributed by atoms with E-state index < -0.39 is 5.97 Å². The number of carbonyl (C=O) groups is 1. The molecule has 0 heterocycles. The second kappa shape index (κ2) is 31.8. The molecule has 34 heavy (non-hydrogen) atoms. The van der Waals surface area contributed by atoms with Crippen LogP contribution in [0.4, 0.5) is 0 Å². The monoisotopic (exact) mass is 500 g/mol. The minimum absolute atomic E-state index is 0.0294. The molecule has 0 saturated carbocycles. The van der Waals surface area contributed by atoms with Crippen LogP contribution in [0.25, 0.3) is 0 Å². The third-order valence-electron chi connectivity index (χ3n) is 3.44. The maximum Gasteiger partial charge on any atom is 0.330 e. The number of rotatable bonds is 26. The molecule has 0 radical (unpaired) electrons. The van der Waals surface area contributed by atoms with Crippen molar-refractivity contribution < 1.29 is 58.0 Å². The van der Waals surface area contributed by atoms with Gasteiger partial charge in [0, 0.05) is 5.57 Å². The Hall–Kier alpha value is -1.19. The molecule has 0 saturated heterocycles. The lowest BCUT2D eigenvalue weighted by Gasteiger charge is -2.08. The summed E-state index contributed by atoms with van der Waals surface area (Å²) in [5, 5.41) is 24.9. The zero-order chi connectivity index (χ0) is 25.5. The molecule has 0 unspecified atom stereocenters. The summed E-state index contributed by atoms with van der Waals surface area (Å²) >= 11 is 0. The van der Waals surface area contributed by atoms with Crippen LogP contribution in [0.2, 0.25) is 0 Å². The van der Waals surface area contributed by atoms with Crippen LogP contribution < -0.4 is 0 Å².